The van der Waals surface area contributed by atoms with Gasteiger partial charge in [-0.2, -0.15) is 0 Å². The average molecular weight is 409 g/mol. The molecule has 29 heavy (non-hydrogen) atoms. The van der Waals surface area contributed by atoms with Gasteiger partial charge in [-0.05, 0) is 34.9 Å². The number of carbonyl (C=O) groups excluding carboxylic acids is 1. The van der Waals surface area contributed by atoms with Crippen molar-refractivity contribution in [2.24, 2.45) is 5.73 Å². The maximum atomic E-state index is 12.3. The molecule has 2 aromatic rings. The van der Waals surface area contributed by atoms with Crippen molar-refractivity contribution in [3.05, 3.63) is 54.1 Å². The second-order valence-electron chi connectivity index (χ2n) is 5.91. The van der Waals surface area contributed by atoms with Crippen LogP contribution in [0, 0.1) is 10.8 Å². The Hall–Kier alpha value is -3.56. The van der Waals surface area contributed by atoms with Gasteiger partial charge in [-0.25, -0.2) is 4.79 Å². The molecule has 0 heterocycles. The summed E-state index contributed by atoms with van der Waals surface area (Å²) in [7, 11) is 0. The van der Waals surface area contributed by atoms with Gasteiger partial charge >= 0.3 is 12.5 Å². The molecule has 0 spiro atoms. The minimum Gasteiger partial charge on any atom is -0.441 e. The van der Waals surface area contributed by atoms with Crippen LogP contribution in [0.2, 0.25) is 0 Å². The minimum atomic E-state index is -4.78. The highest BCUT2D eigenvalue weighted by molar-refractivity contribution is 5.87. The third-order valence-corrected chi connectivity index (χ3v) is 3.59. The number of primary amides is 1. The van der Waals surface area contributed by atoms with Gasteiger partial charge in [0.25, 0.3) is 0 Å². The molecular weight excluding hydrogens is 391 g/mol. The third-order valence-electron chi connectivity index (χ3n) is 3.59. The third kappa shape index (κ3) is 7.17. The number of amides is 1. The number of alkyl halides is 3. The monoisotopic (exact) mass is 409 g/mol. The predicted molar refractivity (Wildman–Crippen MR) is 98.8 cm³/mol. The van der Waals surface area contributed by atoms with Gasteiger partial charge in [-0.3, -0.25) is 10.8 Å². The van der Waals surface area contributed by atoms with Gasteiger partial charge in [0.1, 0.15) is 11.9 Å². The van der Waals surface area contributed by atoms with Crippen LogP contribution in [0.15, 0.2) is 48.5 Å². The van der Waals surface area contributed by atoms with E-state index >= 15 is 0 Å². The van der Waals surface area contributed by atoms with E-state index in [0.717, 1.165) is 0 Å². The number of rotatable bonds is 6. The van der Waals surface area contributed by atoms with Crippen LogP contribution in [0.25, 0.3) is 11.1 Å². The maximum absolute atomic E-state index is 12.3. The molecule has 0 fully saturated rings. The molecule has 2 aromatic carbocycles. The molecule has 1 amide bonds. The summed E-state index contributed by atoms with van der Waals surface area (Å²) in [6, 6.07) is 11.9. The van der Waals surface area contributed by atoms with E-state index in [2.05, 4.69) is 4.74 Å². The quantitative estimate of drug-likeness (QED) is 0.470. The van der Waals surface area contributed by atoms with Gasteiger partial charge in [0.2, 0.25) is 0 Å². The van der Waals surface area contributed by atoms with E-state index in [0.29, 0.717) is 16.7 Å². The van der Waals surface area contributed by atoms with Crippen molar-refractivity contribution >= 4 is 17.9 Å². The predicted octanol–water partition coefficient (Wildman–Crippen LogP) is 4.77. The van der Waals surface area contributed by atoms with Crippen LogP contribution in [0.5, 0.6) is 5.75 Å². The first-order valence-corrected chi connectivity index (χ1v) is 8.26. The lowest BCUT2D eigenvalue weighted by Gasteiger charge is -2.18. The molecule has 0 bridgehead atoms. The zero-order valence-electron chi connectivity index (χ0n) is 15.2. The highest BCUT2D eigenvalue weighted by Gasteiger charge is 2.31. The number of nitrogens with two attached hydrogens (primary N) is 1. The standard InChI is InChI=1S/C19H18F3N3O4/c1-11(23)27-17(24)10-16(28-18(25)26)14-4-2-3-13(9-14)12-5-7-15(8-6-12)29-19(20,21)22/h2-9,16,23-24H,10H2,1H3,(H2,25,26). The smallest absolute Gasteiger partial charge is 0.441 e. The zero-order chi connectivity index (χ0) is 21.6. The van der Waals surface area contributed by atoms with Gasteiger partial charge in [-0.15, -0.1) is 13.2 Å². The molecule has 0 radical (unpaired) electrons. The van der Waals surface area contributed by atoms with E-state index in [4.69, 9.17) is 26.0 Å². The molecular formula is C19H18F3N3O4. The fourth-order valence-electron chi connectivity index (χ4n) is 2.53. The van der Waals surface area contributed by atoms with E-state index in [1.807, 2.05) is 0 Å². The highest BCUT2D eigenvalue weighted by Crippen LogP contribution is 2.30. The number of benzene rings is 2. The van der Waals surface area contributed by atoms with Crippen LogP contribution < -0.4 is 10.5 Å². The van der Waals surface area contributed by atoms with Crippen molar-refractivity contribution in [3.8, 4) is 16.9 Å². The van der Waals surface area contributed by atoms with Crippen molar-refractivity contribution in [1.82, 2.24) is 0 Å². The normalized spacial score (nSPS) is 12.0. The molecule has 0 aliphatic rings. The molecule has 0 aliphatic heterocycles. The van der Waals surface area contributed by atoms with E-state index < -0.39 is 18.6 Å². The number of hydrogen-bond acceptors (Lipinski definition) is 6. The fourth-order valence-corrected chi connectivity index (χ4v) is 2.53. The van der Waals surface area contributed by atoms with Crippen LogP contribution in [0.3, 0.4) is 0 Å². The Bertz CT molecular complexity index is 898. The number of nitrogens with one attached hydrogen (secondary N) is 2. The lowest BCUT2D eigenvalue weighted by molar-refractivity contribution is -0.274. The first kappa shape index (κ1) is 21.7. The number of halogens is 3. The molecule has 0 aliphatic carbocycles. The summed E-state index contributed by atoms with van der Waals surface area (Å²) in [6.07, 6.45) is -6.91. The Morgan fingerprint density at radius 1 is 1.10 bits per heavy atom. The second-order valence-corrected chi connectivity index (χ2v) is 5.91. The summed E-state index contributed by atoms with van der Waals surface area (Å²) in [5.41, 5.74) is 6.83. The molecule has 154 valence electrons. The molecule has 0 saturated carbocycles. The first-order valence-electron chi connectivity index (χ1n) is 8.26. The summed E-state index contributed by atoms with van der Waals surface area (Å²) < 4.78 is 50.6. The Kier molecular flexibility index (Phi) is 6.81. The van der Waals surface area contributed by atoms with Crippen LogP contribution >= 0.6 is 0 Å². The Labute approximate surface area is 164 Å². The summed E-state index contributed by atoms with van der Waals surface area (Å²) in [6.45, 7) is 1.35. The van der Waals surface area contributed by atoms with Crippen molar-refractivity contribution in [3.63, 3.8) is 0 Å². The van der Waals surface area contributed by atoms with Gasteiger partial charge in [0.15, 0.2) is 11.8 Å². The van der Waals surface area contributed by atoms with Gasteiger partial charge in [0, 0.05) is 6.92 Å². The number of ether oxygens (including phenoxy) is 3. The largest absolute Gasteiger partial charge is 0.573 e. The van der Waals surface area contributed by atoms with Crippen LogP contribution in [0.1, 0.15) is 25.0 Å². The summed E-state index contributed by atoms with van der Waals surface area (Å²) >= 11 is 0. The van der Waals surface area contributed by atoms with Crippen LogP contribution in [-0.4, -0.2) is 24.3 Å². The maximum Gasteiger partial charge on any atom is 0.573 e. The summed E-state index contributed by atoms with van der Waals surface area (Å²) in [4.78, 5) is 11.2. The Morgan fingerprint density at radius 3 is 2.31 bits per heavy atom. The molecule has 4 N–H and O–H groups in total. The van der Waals surface area contributed by atoms with Crippen LogP contribution in [-0.2, 0) is 9.47 Å². The molecule has 2 rings (SSSR count). The second kappa shape index (κ2) is 9.09. The number of hydrogen-bond donors (Lipinski definition) is 3. The molecule has 7 nitrogen and oxygen atoms in total. The van der Waals surface area contributed by atoms with E-state index in [9.17, 15) is 18.0 Å². The molecule has 10 heteroatoms. The van der Waals surface area contributed by atoms with Crippen molar-refractivity contribution < 1.29 is 32.2 Å². The Balaban J connectivity index is 2.25. The average Bonchev–Trinajstić information content (AvgIpc) is 2.59. The van der Waals surface area contributed by atoms with Crippen molar-refractivity contribution in [1.29, 1.82) is 10.8 Å². The zero-order valence-corrected chi connectivity index (χ0v) is 15.2. The summed E-state index contributed by atoms with van der Waals surface area (Å²) in [5.74, 6) is -0.828. The Morgan fingerprint density at radius 2 is 1.76 bits per heavy atom. The first-order chi connectivity index (χ1) is 13.5. The van der Waals surface area contributed by atoms with Crippen molar-refractivity contribution in [2.75, 3.05) is 0 Å². The lowest BCUT2D eigenvalue weighted by Crippen LogP contribution is -2.21. The van der Waals surface area contributed by atoms with Gasteiger partial charge in [0.05, 0.1) is 6.42 Å². The summed E-state index contributed by atoms with van der Waals surface area (Å²) in [5, 5.41) is 15.0. The van der Waals surface area contributed by atoms with Crippen molar-refractivity contribution in [2.45, 2.75) is 25.8 Å². The topological polar surface area (TPSA) is 118 Å². The minimum absolute atomic E-state index is 0.152. The molecule has 1 atom stereocenters. The molecule has 0 saturated heterocycles. The van der Waals surface area contributed by atoms with E-state index in [1.165, 1.54) is 31.2 Å². The SMILES string of the molecule is CC(=N)OC(=N)CC(OC(N)=O)c1cccc(-c2ccc(OC(F)(F)F)cc2)c1. The fraction of sp³-hybridized carbons (Fsp3) is 0.211. The van der Waals surface area contributed by atoms with Gasteiger partial charge in [-0.1, -0.05) is 30.3 Å². The van der Waals surface area contributed by atoms with E-state index in [-0.39, 0.29) is 24.0 Å². The van der Waals surface area contributed by atoms with Crippen LogP contribution in [0.4, 0.5) is 18.0 Å². The van der Waals surface area contributed by atoms with E-state index in [1.54, 1.807) is 24.3 Å². The lowest BCUT2D eigenvalue weighted by atomic mass is 9.99. The molecule has 0 aromatic heterocycles. The van der Waals surface area contributed by atoms with Gasteiger partial charge < -0.3 is 19.9 Å². The number of carbonyl (C=O) groups is 1. The molecule has 1 unspecified atom stereocenters. The highest BCUT2D eigenvalue weighted by atomic mass is 19.4.